The summed E-state index contributed by atoms with van der Waals surface area (Å²) < 4.78 is 0.818. The van der Waals surface area contributed by atoms with Crippen molar-refractivity contribution in [2.75, 3.05) is 5.32 Å². The van der Waals surface area contributed by atoms with Crippen LogP contribution in [0.5, 0.6) is 0 Å². The van der Waals surface area contributed by atoms with Crippen molar-refractivity contribution in [3.05, 3.63) is 47.5 Å². The van der Waals surface area contributed by atoms with E-state index in [-0.39, 0.29) is 11.2 Å². The largest absolute Gasteiger partial charge is 0.325 e. The highest BCUT2D eigenvalue weighted by Crippen LogP contribution is 2.27. The number of aryl methyl sites for hydroxylation is 1. The van der Waals surface area contributed by atoms with Gasteiger partial charge < -0.3 is 5.32 Å². The third kappa shape index (κ3) is 3.45. The molecule has 3 aromatic rings. The van der Waals surface area contributed by atoms with Crippen LogP contribution in [0.25, 0.3) is 10.8 Å². The first-order valence-corrected chi connectivity index (χ1v) is 8.58. The summed E-state index contributed by atoms with van der Waals surface area (Å²) in [6.07, 6.45) is 0. The van der Waals surface area contributed by atoms with Crippen LogP contribution in [-0.4, -0.2) is 21.4 Å². The maximum absolute atomic E-state index is 12.3. The van der Waals surface area contributed by atoms with Crippen molar-refractivity contribution in [1.82, 2.24) is 10.2 Å². The SMILES string of the molecule is Cc1nnc(S[C@H](C)C(=O)Nc2ccc3ccccc3c2)s1. The Hall–Kier alpha value is -1.92. The quantitative estimate of drug-likeness (QED) is 0.732. The Balaban J connectivity index is 1.69. The molecule has 0 fully saturated rings. The van der Waals surface area contributed by atoms with Gasteiger partial charge in [-0.15, -0.1) is 10.2 Å². The molecule has 0 unspecified atom stereocenters. The van der Waals surface area contributed by atoms with Crippen molar-refractivity contribution in [3.8, 4) is 0 Å². The van der Waals surface area contributed by atoms with Crippen molar-refractivity contribution in [2.24, 2.45) is 0 Å². The van der Waals surface area contributed by atoms with Gasteiger partial charge in [0.25, 0.3) is 0 Å². The van der Waals surface area contributed by atoms with E-state index in [1.54, 1.807) is 0 Å². The number of fused-ring (bicyclic) bond motifs is 1. The lowest BCUT2D eigenvalue weighted by atomic mass is 10.1. The fraction of sp³-hybridized carbons (Fsp3) is 0.188. The lowest BCUT2D eigenvalue weighted by Gasteiger charge is -2.11. The van der Waals surface area contributed by atoms with Gasteiger partial charge in [0, 0.05) is 5.69 Å². The summed E-state index contributed by atoms with van der Waals surface area (Å²) in [6.45, 7) is 3.78. The highest BCUT2D eigenvalue weighted by molar-refractivity contribution is 8.02. The van der Waals surface area contributed by atoms with Crippen LogP contribution in [0.1, 0.15) is 11.9 Å². The van der Waals surface area contributed by atoms with E-state index < -0.39 is 0 Å². The molecule has 0 aliphatic carbocycles. The van der Waals surface area contributed by atoms with E-state index in [2.05, 4.69) is 21.6 Å². The van der Waals surface area contributed by atoms with Gasteiger partial charge in [-0.25, -0.2) is 0 Å². The fourth-order valence-corrected chi connectivity index (χ4v) is 4.00. The molecule has 1 aromatic heterocycles. The van der Waals surface area contributed by atoms with E-state index in [1.165, 1.54) is 23.1 Å². The molecule has 1 atom stereocenters. The van der Waals surface area contributed by atoms with Gasteiger partial charge in [0.2, 0.25) is 5.91 Å². The Morgan fingerprint density at radius 1 is 1.18 bits per heavy atom. The second-order valence-corrected chi connectivity index (χ2v) is 7.67. The van der Waals surface area contributed by atoms with Gasteiger partial charge in [-0.05, 0) is 36.8 Å². The molecule has 0 aliphatic rings. The Kier molecular flexibility index (Phi) is 4.40. The summed E-state index contributed by atoms with van der Waals surface area (Å²) in [4.78, 5) is 12.3. The van der Waals surface area contributed by atoms with Gasteiger partial charge in [-0.2, -0.15) is 0 Å². The smallest absolute Gasteiger partial charge is 0.237 e. The molecule has 3 rings (SSSR count). The number of carbonyl (C=O) groups excluding carboxylic acids is 1. The number of hydrogen-bond donors (Lipinski definition) is 1. The van der Waals surface area contributed by atoms with Crippen molar-refractivity contribution in [2.45, 2.75) is 23.4 Å². The molecular weight excluding hydrogens is 314 g/mol. The molecule has 0 aliphatic heterocycles. The lowest BCUT2D eigenvalue weighted by Crippen LogP contribution is -2.22. The Bertz CT molecular complexity index is 816. The van der Waals surface area contributed by atoms with Crippen LogP contribution < -0.4 is 5.32 Å². The van der Waals surface area contributed by atoms with Crippen LogP contribution in [0.3, 0.4) is 0 Å². The summed E-state index contributed by atoms with van der Waals surface area (Å²) in [5, 5.41) is 13.9. The monoisotopic (exact) mass is 329 g/mol. The first-order valence-electron chi connectivity index (χ1n) is 6.88. The van der Waals surface area contributed by atoms with E-state index in [0.29, 0.717) is 0 Å². The maximum Gasteiger partial charge on any atom is 0.237 e. The van der Waals surface area contributed by atoms with Crippen LogP contribution >= 0.6 is 23.1 Å². The topological polar surface area (TPSA) is 54.9 Å². The van der Waals surface area contributed by atoms with E-state index >= 15 is 0 Å². The number of anilines is 1. The number of nitrogens with zero attached hydrogens (tertiary/aromatic N) is 2. The molecule has 1 amide bonds. The number of carbonyl (C=O) groups is 1. The van der Waals surface area contributed by atoms with Crippen LogP contribution in [0.2, 0.25) is 0 Å². The summed E-state index contributed by atoms with van der Waals surface area (Å²) in [7, 11) is 0. The minimum absolute atomic E-state index is 0.0341. The molecule has 1 N–H and O–H groups in total. The Labute approximate surface area is 137 Å². The van der Waals surface area contributed by atoms with Crippen molar-refractivity contribution in [3.63, 3.8) is 0 Å². The minimum Gasteiger partial charge on any atom is -0.325 e. The van der Waals surface area contributed by atoms with Crippen LogP contribution in [0.4, 0.5) is 5.69 Å². The van der Waals surface area contributed by atoms with E-state index in [0.717, 1.165) is 25.8 Å². The highest BCUT2D eigenvalue weighted by atomic mass is 32.2. The zero-order valence-corrected chi connectivity index (χ0v) is 13.9. The van der Waals surface area contributed by atoms with Crippen molar-refractivity contribution >= 4 is 45.5 Å². The van der Waals surface area contributed by atoms with Crippen molar-refractivity contribution < 1.29 is 4.79 Å². The van der Waals surface area contributed by atoms with Gasteiger partial charge in [0.1, 0.15) is 5.01 Å². The Morgan fingerprint density at radius 3 is 2.68 bits per heavy atom. The van der Waals surface area contributed by atoms with Gasteiger partial charge in [0.15, 0.2) is 4.34 Å². The molecule has 0 saturated carbocycles. The van der Waals surface area contributed by atoms with Gasteiger partial charge in [-0.3, -0.25) is 4.79 Å². The molecule has 0 spiro atoms. The zero-order chi connectivity index (χ0) is 15.5. The minimum atomic E-state index is -0.223. The second kappa shape index (κ2) is 6.46. The lowest BCUT2D eigenvalue weighted by molar-refractivity contribution is -0.115. The molecule has 6 heteroatoms. The molecule has 0 bridgehead atoms. The molecule has 0 radical (unpaired) electrons. The predicted octanol–water partition coefficient (Wildman–Crippen LogP) is 4.12. The maximum atomic E-state index is 12.3. The van der Waals surface area contributed by atoms with Gasteiger partial charge >= 0.3 is 0 Å². The van der Waals surface area contributed by atoms with E-state index in [4.69, 9.17) is 0 Å². The molecule has 22 heavy (non-hydrogen) atoms. The first kappa shape index (κ1) is 15.0. The molecular formula is C16H15N3OS2. The zero-order valence-electron chi connectivity index (χ0n) is 12.2. The molecule has 112 valence electrons. The number of rotatable bonds is 4. The highest BCUT2D eigenvalue weighted by Gasteiger charge is 2.16. The van der Waals surface area contributed by atoms with E-state index in [1.807, 2.05) is 50.2 Å². The van der Waals surface area contributed by atoms with Gasteiger partial charge in [-0.1, -0.05) is 53.4 Å². The molecule has 1 heterocycles. The fourth-order valence-electron chi connectivity index (χ4n) is 2.04. The van der Waals surface area contributed by atoms with Crippen LogP contribution in [0, 0.1) is 6.92 Å². The molecule has 4 nitrogen and oxygen atoms in total. The van der Waals surface area contributed by atoms with E-state index in [9.17, 15) is 4.79 Å². The van der Waals surface area contributed by atoms with Crippen LogP contribution in [0.15, 0.2) is 46.8 Å². The predicted molar refractivity (Wildman–Crippen MR) is 92.5 cm³/mol. The average Bonchev–Trinajstić information content (AvgIpc) is 2.92. The number of amides is 1. The third-order valence-electron chi connectivity index (χ3n) is 3.17. The number of benzene rings is 2. The summed E-state index contributed by atoms with van der Waals surface area (Å²) >= 11 is 2.93. The summed E-state index contributed by atoms with van der Waals surface area (Å²) in [6, 6.07) is 14.0. The Morgan fingerprint density at radius 2 is 1.95 bits per heavy atom. The van der Waals surface area contributed by atoms with Gasteiger partial charge in [0.05, 0.1) is 5.25 Å². The summed E-state index contributed by atoms with van der Waals surface area (Å²) in [5.74, 6) is -0.0341. The van der Waals surface area contributed by atoms with Crippen LogP contribution in [-0.2, 0) is 4.79 Å². The number of hydrogen-bond acceptors (Lipinski definition) is 5. The molecule has 0 saturated heterocycles. The standard InChI is InChI=1S/C16H15N3OS2/c1-10(21-16-19-18-11(2)22-16)15(20)17-14-8-7-12-5-3-4-6-13(12)9-14/h3-10H,1-2H3,(H,17,20)/t10-/m1/s1. The normalized spacial score (nSPS) is 12.3. The third-order valence-corrected chi connectivity index (χ3v) is 5.19. The average molecular weight is 329 g/mol. The second-order valence-electron chi connectivity index (χ2n) is 4.90. The molecule has 2 aromatic carbocycles. The summed E-state index contributed by atoms with van der Waals surface area (Å²) in [5.41, 5.74) is 0.810. The van der Waals surface area contributed by atoms with Crippen molar-refractivity contribution in [1.29, 1.82) is 0 Å². The number of thioether (sulfide) groups is 1. The first-order chi connectivity index (χ1) is 10.6. The number of aromatic nitrogens is 2. The number of nitrogens with one attached hydrogen (secondary N) is 1.